The third-order valence-corrected chi connectivity index (χ3v) is 6.60. The third-order valence-electron chi connectivity index (χ3n) is 6.60. The molecular formula is C35H45N3O6. The summed E-state index contributed by atoms with van der Waals surface area (Å²) in [6, 6.07) is 19.3. The number of ether oxygens (including phenoxy) is 3. The summed E-state index contributed by atoms with van der Waals surface area (Å²) in [6.07, 6.45) is -0.502. The van der Waals surface area contributed by atoms with E-state index in [0.29, 0.717) is 40.5 Å². The molecule has 3 aromatic rings. The number of hydrogen-bond acceptors (Lipinski definition) is 6. The van der Waals surface area contributed by atoms with Gasteiger partial charge in [0, 0.05) is 17.5 Å². The van der Waals surface area contributed by atoms with Gasteiger partial charge in [0.15, 0.2) is 0 Å². The van der Waals surface area contributed by atoms with E-state index in [4.69, 9.17) is 14.2 Å². The van der Waals surface area contributed by atoms with Crippen LogP contribution in [0.3, 0.4) is 0 Å². The topological polar surface area (TPSA) is 115 Å². The number of alkyl carbamates (subject to hydrolysis) is 1. The smallest absolute Gasteiger partial charge is 0.407 e. The van der Waals surface area contributed by atoms with Gasteiger partial charge in [-0.2, -0.15) is 0 Å². The Balaban J connectivity index is 1.79. The van der Waals surface area contributed by atoms with E-state index < -0.39 is 23.0 Å². The summed E-state index contributed by atoms with van der Waals surface area (Å²) in [5.41, 5.74) is 1.42. The van der Waals surface area contributed by atoms with Crippen LogP contribution >= 0.6 is 0 Å². The van der Waals surface area contributed by atoms with Crippen LogP contribution in [0.4, 0.5) is 16.2 Å². The molecule has 236 valence electrons. The number of carbonyl (C=O) groups is 3. The van der Waals surface area contributed by atoms with E-state index in [1.54, 1.807) is 61.7 Å². The van der Waals surface area contributed by atoms with E-state index in [0.717, 1.165) is 5.56 Å². The quantitative estimate of drug-likeness (QED) is 0.222. The largest absolute Gasteiger partial charge is 0.497 e. The third kappa shape index (κ3) is 10.0. The molecule has 0 aliphatic heterocycles. The lowest BCUT2D eigenvalue weighted by Crippen LogP contribution is -2.40. The lowest BCUT2D eigenvalue weighted by molar-refractivity contribution is 0.0492. The summed E-state index contributed by atoms with van der Waals surface area (Å²) in [6.45, 7) is 16.1. The van der Waals surface area contributed by atoms with Gasteiger partial charge < -0.3 is 30.2 Å². The Kier molecular flexibility index (Phi) is 10.7. The standard InChI is InChI=1S/C35H45N3O6/c1-33(2,3)24-16-19-26(29(20-24)43-22-35(7,8)21-36-32(41)44-34(4,5)6)31(40)38-28-13-11-10-12-27(28)37-30(39)23-14-17-25(42-9)18-15-23/h10-20H,21-22H2,1-9H3,(H,36,41)(H,37,39)(H,38,40). The molecule has 3 amide bonds. The highest BCUT2D eigenvalue weighted by atomic mass is 16.6. The van der Waals surface area contributed by atoms with Crippen molar-refractivity contribution < 1.29 is 28.6 Å². The number of anilines is 2. The van der Waals surface area contributed by atoms with Gasteiger partial charge in [-0.05, 0) is 80.3 Å². The molecule has 0 aliphatic rings. The van der Waals surface area contributed by atoms with Gasteiger partial charge >= 0.3 is 6.09 Å². The van der Waals surface area contributed by atoms with E-state index >= 15 is 0 Å². The van der Waals surface area contributed by atoms with Crippen molar-refractivity contribution in [3.05, 3.63) is 83.4 Å². The van der Waals surface area contributed by atoms with Crippen LogP contribution < -0.4 is 25.4 Å². The lowest BCUT2D eigenvalue weighted by atomic mass is 9.86. The van der Waals surface area contributed by atoms with Crippen LogP contribution in [-0.4, -0.2) is 43.8 Å². The average molecular weight is 604 g/mol. The van der Waals surface area contributed by atoms with Crippen LogP contribution in [0.25, 0.3) is 0 Å². The molecule has 0 heterocycles. The van der Waals surface area contributed by atoms with Crippen LogP contribution in [-0.2, 0) is 10.2 Å². The van der Waals surface area contributed by atoms with Crippen molar-refractivity contribution in [1.29, 1.82) is 0 Å². The van der Waals surface area contributed by atoms with E-state index in [-0.39, 0.29) is 17.9 Å². The Morgan fingerprint density at radius 2 is 1.34 bits per heavy atom. The second-order valence-electron chi connectivity index (χ2n) is 13.5. The van der Waals surface area contributed by atoms with Gasteiger partial charge in [0.25, 0.3) is 11.8 Å². The van der Waals surface area contributed by atoms with Gasteiger partial charge in [-0.15, -0.1) is 0 Å². The van der Waals surface area contributed by atoms with Gasteiger partial charge in [0.1, 0.15) is 17.1 Å². The summed E-state index contributed by atoms with van der Waals surface area (Å²) >= 11 is 0. The number of nitrogens with one attached hydrogen (secondary N) is 3. The summed E-state index contributed by atoms with van der Waals surface area (Å²) in [7, 11) is 1.56. The molecule has 9 nitrogen and oxygen atoms in total. The van der Waals surface area contributed by atoms with Crippen molar-refractivity contribution in [2.75, 3.05) is 30.9 Å². The number of carbonyl (C=O) groups excluding carboxylic acids is 3. The molecule has 0 spiro atoms. The van der Waals surface area contributed by atoms with Gasteiger partial charge in [0.2, 0.25) is 0 Å². The molecule has 0 atom stereocenters. The Bertz CT molecular complexity index is 1470. The zero-order valence-corrected chi connectivity index (χ0v) is 27.2. The number of hydrogen-bond donors (Lipinski definition) is 3. The van der Waals surface area contributed by atoms with Gasteiger partial charge in [-0.1, -0.05) is 52.8 Å². The Hall–Kier alpha value is -4.53. The lowest BCUT2D eigenvalue weighted by Gasteiger charge is -2.28. The predicted octanol–water partition coefficient (Wildman–Crippen LogP) is 7.43. The fourth-order valence-corrected chi connectivity index (χ4v) is 4.07. The number of benzene rings is 3. The number of methoxy groups -OCH3 is 1. The van der Waals surface area contributed by atoms with Crippen LogP contribution in [0, 0.1) is 5.41 Å². The van der Waals surface area contributed by atoms with E-state index in [2.05, 4.69) is 36.7 Å². The molecule has 0 saturated carbocycles. The van der Waals surface area contributed by atoms with Crippen molar-refractivity contribution >= 4 is 29.3 Å². The molecule has 0 radical (unpaired) electrons. The summed E-state index contributed by atoms with van der Waals surface area (Å²) < 4.78 is 16.8. The average Bonchev–Trinajstić information content (AvgIpc) is 2.94. The van der Waals surface area contributed by atoms with Crippen molar-refractivity contribution in [3.8, 4) is 11.5 Å². The van der Waals surface area contributed by atoms with Crippen molar-refractivity contribution in [2.45, 2.75) is 66.4 Å². The van der Waals surface area contributed by atoms with E-state index in [1.807, 2.05) is 46.8 Å². The highest BCUT2D eigenvalue weighted by Gasteiger charge is 2.25. The summed E-state index contributed by atoms with van der Waals surface area (Å²) in [5, 5.41) is 8.61. The minimum absolute atomic E-state index is 0.181. The van der Waals surface area contributed by atoms with Crippen molar-refractivity contribution in [2.24, 2.45) is 5.41 Å². The molecule has 0 unspecified atom stereocenters. The highest BCUT2D eigenvalue weighted by molar-refractivity contribution is 6.10. The molecule has 0 fully saturated rings. The summed E-state index contributed by atoms with van der Waals surface area (Å²) in [4.78, 5) is 38.8. The van der Waals surface area contributed by atoms with E-state index in [9.17, 15) is 14.4 Å². The second kappa shape index (κ2) is 13.8. The Morgan fingerprint density at radius 3 is 1.89 bits per heavy atom. The fourth-order valence-electron chi connectivity index (χ4n) is 4.07. The molecule has 3 aromatic carbocycles. The van der Waals surface area contributed by atoms with Crippen LogP contribution in [0.15, 0.2) is 66.7 Å². The first-order chi connectivity index (χ1) is 20.5. The molecule has 0 saturated heterocycles. The molecule has 44 heavy (non-hydrogen) atoms. The van der Waals surface area contributed by atoms with Gasteiger partial charge in [-0.3, -0.25) is 9.59 Å². The Morgan fingerprint density at radius 1 is 0.750 bits per heavy atom. The van der Waals surface area contributed by atoms with Crippen molar-refractivity contribution in [1.82, 2.24) is 5.32 Å². The van der Waals surface area contributed by atoms with Crippen LogP contribution in [0.1, 0.15) is 81.7 Å². The minimum atomic E-state index is -0.600. The zero-order chi connectivity index (χ0) is 32.7. The van der Waals surface area contributed by atoms with Gasteiger partial charge in [-0.25, -0.2) is 4.79 Å². The number of rotatable bonds is 10. The maximum atomic E-state index is 13.7. The number of amides is 3. The van der Waals surface area contributed by atoms with E-state index in [1.165, 1.54) is 0 Å². The number of para-hydroxylation sites is 2. The normalized spacial score (nSPS) is 11.8. The van der Waals surface area contributed by atoms with Crippen LogP contribution in [0.5, 0.6) is 11.5 Å². The second-order valence-corrected chi connectivity index (χ2v) is 13.5. The fraction of sp³-hybridized carbons (Fsp3) is 0.400. The molecule has 9 heteroatoms. The zero-order valence-electron chi connectivity index (χ0n) is 27.2. The molecule has 3 rings (SSSR count). The Labute approximate surface area is 260 Å². The summed E-state index contributed by atoms with van der Waals surface area (Å²) in [5.74, 6) is 0.346. The van der Waals surface area contributed by atoms with Crippen molar-refractivity contribution in [3.63, 3.8) is 0 Å². The first-order valence-corrected chi connectivity index (χ1v) is 14.6. The maximum absolute atomic E-state index is 13.7. The van der Waals surface area contributed by atoms with Gasteiger partial charge in [0.05, 0.1) is 30.7 Å². The molecule has 0 bridgehead atoms. The molecular weight excluding hydrogens is 558 g/mol. The minimum Gasteiger partial charge on any atom is -0.497 e. The first-order valence-electron chi connectivity index (χ1n) is 14.6. The molecule has 0 aliphatic carbocycles. The highest BCUT2D eigenvalue weighted by Crippen LogP contribution is 2.31. The molecule has 0 aromatic heterocycles. The first kappa shape index (κ1) is 34.0. The monoisotopic (exact) mass is 603 g/mol. The SMILES string of the molecule is COc1ccc(C(=O)Nc2ccccc2NC(=O)c2ccc(C(C)(C)C)cc2OCC(C)(C)CNC(=O)OC(C)(C)C)cc1. The predicted molar refractivity (Wildman–Crippen MR) is 174 cm³/mol. The maximum Gasteiger partial charge on any atom is 0.407 e. The van der Waals surface area contributed by atoms with Crippen LogP contribution in [0.2, 0.25) is 0 Å². The molecule has 3 N–H and O–H groups in total.